The zero-order valence-electron chi connectivity index (χ0n) is 15.1. The van der Waals surface area contributed by atoms with Gasteiger partial charge in [0.05, 0.1) is 0 Å². The summed E-state index contributed by atoms with van der Waals surface area (Å²) >= 11 is 2.68. The van der Waals surface area contributed by atoms with Crippen molar-refractivity contribution in [1.29, 1.82) is 0 Å². The standard InChI is InChI=1S/C24H29I/c25-22-11-9-18-13-17(6-7-20(18)15-22)19-10-12-24-21(14-19)8-5-16-3-1-2-4-23(16)24/h2,4,6,10,12,18,20-22H,1,3,5,7-9,11,13-15H2. The highest BCUT2D eigenvalue weighted by molar-refractivity contribution is 14.1. The maximum atomic E-state index is 2.68. The molecule has 25 heavy (non-hydrogen) atoms. The summed E-state index contributed by atoms with van der Waals surface area (Å²) in [6.07, 6.45) is 26.1. The summed E-state index contributed by atoms with van der Waals surface area (Å²) < 4.78 is 0.932. The third-order valence-electron chi connectivity index (χ3n) is 7.39. The molecule has 0 bridgehead atoms. The van der Waals surface area contributed by atoms with Crippen LogP contribution in [0.3, 0.4) is 0 Å². The predicted molar refractivity (Wildman–Crippen MR) is 115 cm³/mol. The maximum Gasteiger partial charge on any atom is 0.0113 e. The largest absolute Gasteiger partial charge is 0.0836 e. The fourth-order valence-corrected chi connectivity index (χ4v) is 6.96. The van der Waals surface area contributed by atoms with Crippen molar-refractivity contribution in [2.75, 3.05) is 0 Å². The Morgan fingerprint density at radius 1 is 0.920 bits per heavy atom. The molecule has 0 aromatic carbocycles. The van der Waals surface area contributed by atoms with Gasteiger partial charge < -0.3 is 0 Å². The van der Waals surface area contributed by atoms with Gasteiger partial charge in [0.25, 0.3) is 0 Å². The lowest BCUT2D eigenvalue weighted by atomic mass is 9.67. The summed E-state index contributed by atoms with van der Waals surface area (Å²) in [4.78, 5) is 0. The number of hydrogen-bond donors (Lipinski definition) is 0. The van der Waals surface area contributed by atoms with Crippen LogP contribution in [0.1, 0.15) is 64.2 Å². The second-order valence-electron chi connectivity index (χ2n) is 8.81. The molecule has 0 amide bonds. The summed E-state index contributed by atoms with van der Waals surface area (Å²) in [6.45, 7) is 0. The summed E-state index contributed by atoms with van der Waals surface area (Å²) in [6, 6.07) is 0. The fraction of sp³-hybridized carbons (Fsp3) is 0.583. The van der Waals surface area contributed by atoms with Crippen molar-refractivity contribution < 1.29 is 0 Å². The second-order valence-corrected chi connectivity index (χ2v) is 10.6. The lowest BCUT2D eigenvalue weighted by Gasteiger charge is -2.39. The summed E-state index contributed by atoms with van der Waals surface area (Å²) in [7, 11) is 0. The molecule has 0 saturated heterocycles. The number of allylic oxidation sites excluding steroid dienone is 10. The third-order valence-corrected chi connectivity index (χ3v) is 8.52. The molecule has 0 spiro atoms. The van der Waals surface area contributed by atoms with E-state index in [9.17, 15) is 0 Å². The van der Waals surface area contributed by atoms with Crippen LogP contribution in [0.15, 0.2) is 58.2 Å². The van der Waals surface area contributed by atoms with E-state index in [2.05, 4.69) is 53.0 Å². The van der Waals surface area contributed by atoms with E-state index in [0.29, 0.717) is 0 Å². The first kappa shape index (κ1) is 16.6. The molecule has 1 fully saturated rings. The van der Waals surface area contributed by atoms with Crippen molar-refractivity contribution in [2.45, 2.75) is 68.1 Å². The van der Waals surface area contributed by atoms with Crippen LogP contribution >= 0.6 is 22.6 Å². The van der Waals surface area contributed by atoms with E-state index in [1.807, 2.05) is 0 Å². The van der Waals surface area contributed by atoms with Gasteiger partial charge >= 0.3 is 0 Å². The molecule has 0 aromatic heterocycles. The molecule has 0 N–H and O–H groups in total. The molecule has 5 aliphatic carbocycles. The summed E-state index contributed by atoms with van der Waals surface area (Å²) in [5.74, 6) is 2.73. The van der Waals surface area contributed by atoms with Crippen LogP contribution in [0.5, 0.6) is 0 Å². The minimum atomic E-state index is 0.783. The Morgan fingerprint density at radius 2 is 1.88 bits per heavy atom. The van der Waals surface area contributed by atoms with Gasteiger partial charge in [-0.2, -0.15) is 0 Å². The Labute approximate surface area is 166 Å². The first-order valence-electron chi connectivity index (χ1n) is 10.4. The normalized spacial score (nSPS) is 37.4. The monoisotopic (exact) mass is 444 g/mol. The average molecular weight is 444 g/mol. The molecule has 1 saturated carbocycles. The predicted octanol–water partition coefficient (Wildman–Crippen LogP) is 7.24. The molecule has 0 heterocycles. The van der Waals surface area contributed by atoms with Crippen LogP contribution in [-0.4, -0.2) is 3.92 Å². The smallest absolute Gasteiger partial charge is 0.0113 e. The van der Waals surface area contributed by atoms with E-state index in [0.717, 1.165) is 21.7 Å². The molecular formula is C24H29I. The SMILES string of the molecule is IC1CCC2CC(C3=CC=C4C5=C(CCC=C5)CCC4C3)=CCC2C1. The highest BCUT2D eigenvalue weighted by Gasteiger charge is 2.34. The Hall–Kier alpha value is -0.570. The van der Waals surface area contributed by atoms with Crippen molar-refractivity contribution in [3.05, 3.63) is 58.2 Å². The second kappa shape index (κ2) is 6.87. The number of hydrogen-bond acceptors (Lipinski definition) is 0. The lowest BCUT2D eigenvalue weighted by molar-refractivity contribution is 0.236. The van der Waals surface area contributed by atoms with Gasteiger partial charge in [-0.15, -0.1) is 0 Å². The first-order chi connectivity index (χ1) is 12.3. The van der Waals surface area contributed by atoms with Crippen LogP contribution < -0.4 is 0 Å². The van der Waals surface area contributed by atoms with Crippen LogP contribution in [-0.2, 0) is 0 Å². The Balaban J connectivity index is 1.38. The van der Waals surface area contributed by atoms with Crippen LogP contribution in [0.2, 0.25) is 0 Å². The maximum absolute atomic E-state index is 2.68. The van der Waals surface area contributed by atoms with Gasteiger partial charge in [0.15, 0.2) is 0 Å². The molecular weight excluding hydrogens is 415 g/mol. The minimum absolute atomic E-state index is 0.783. The van der Waals surface area contributed by atoms with Crippen LogP contribution in [0.4, 0.5) is 0 Å². The molecule has 1 heteroatoms. The van der Waals surface area contributed by atoms with E-state index < -0.39 is 0 Å². The Morgan fingerprint density at radius 3 is 2.84 bits per heavy atom. The summed E-state index contributed by atoms with van der Waals surface area (Å²) in [5, 5.41) is 0. The van der Waals surface area contributed by atoms with Gasteiger partial charge in [-0.05, 0) is 104 Å². The van der Waals surface area contributed by atoms with Gasteiger partial charge in [0.2, 0.25) is 0 Å². The van der Waals surface area contributed by atoms with Gasteiger partial charge in [0.1, 0.15) is 0 Å². The van der Waals surface area contributed by atoms with Crippen molar-refractivity contribution in [1.82, 2.24) is 0 Å². The van der Waals surface area contributed by atoms with E-state index >= 15 is 0 Å². The lowest BCUT2D eigenvalue weighted by Crippen LogP contribution is -2.28. The fourth-order valence-electron chi connectivity index (χ4n) is 5.94. The Kier molecular flexibility index (Phi) is 4.56. The number of alkyl halides is 1. The van der Waals surface area contributed by atoms with Gasteiger partial charge in [-0.1, -0.05) is 58.5 Å². The molecule has 5 aliphatic rings. The van der Waals surface area contributed by atoms with Crippen molar-refractivity contribution >= 4 is 22.6 Å². The van der Waals surface area contributed by atoms with Crippen LogP contribution in [0, 0.1) is 17.8 Å². The third kappa shape index (κ3) is 3.15. The topological polar surface area (TPSA) is 0 Å². The average Bonchev–Trinajstić information content (AvgIpc) is 2.67. The number of rotatable bonds is 1. The van der Waals surface area contributed by atoms with Crippen molar-refractivity contribution in [3.63, 3.8) is 0 Å². The zero-order valence-corrected chi connectivity index (χ0v) is 17.3. The van der Waals surface area contributed by atoms with E-state index in [1.54, 1.807) is 27.9 Å². The van der Waals surface area contributed by atoms with E-state index in [1.165, 1.54) is 64.2 Å². The highest BCUT2D eigenvalue weighted by Crippen LogP contribution is 2.48. The Bertz CT molecular complexity index is 714. The molecule has 4 atom stereocenters. The highest BCUT2D eigenvalue weighted by atomic mass is 127. The molecule has 0 nitrogen and oxygen atoms in total. The quantitative estimate of drug-likeness (QED) is 0.295. The van der Waals surface area contributed by atoms with Gasteiger partial charge in [-0.25, -0.2) is 0 Å². The molecule has 4 unspecified atom stereocenters. The first-order valence-corrected chi connectivity index (χ1v) is 11.7. The minimum Gasteiger partial charge on any atom is -0.0836 e. The molecule has 5 rings (SSSR count). The molecule has 0 aliphatic heterocycles. The molecule has 132 valence electrons. The van der Waals surface area contributed by atoms with Gasteiger partial charge in [0, 0.05) is 3.92 Å². The van der Waals surface area contributed by atoms with E-state index in [-0.39, 0.29) is 0 Å². The van der Waals surface area contributed by atoms with E-state index in [4.69, 9.17) is 0 Å². The number of halogens is 1. The van der Waals surface area contributed by atoms with Crippen LogP contribution in [0.25, 0.3) is 0 Å². The molecule has 0 aromatic rings. The van der Waals surface area contributed by atoms with Crippen molar-refractivity contribution in [2.24, 2.45) is 17.8 Å². The molecule has 0 radical (unpaired) electrons. The zero-order chi connectivity index (χ0) is 16.8. The summed E-state index contributed by atoms with van der Waals surface area (Å²) in [5.41, 5.74) is 8.38. The van der Waals surface area contributed by atoms with Crippen molar-refractivity contribution in [3.8, 4) is 0 Å². The van der Waals surface area contributed by atoms with Gasteiger partial charge in [-0.3, -0.25) is 0 Å². The number of fused-ring (bicyclic) bond motifs is 3.